The fourth-order valence-electron chi connectivity index (χ4n) is 3.36. The first-order valence-electron chi connectivity index (χ1n) is 8.41. The van der Waals surface area contributed by atoms with E-state index >= 15 is 0 Å². The van der Waals surface area contributed by atoms with E-state index in [0.29, 0.717) is 31.5 Å². The van der Waals surface area contributed by atoms with Crippen LogP contribution in [0.4, 0.5) is 0 Å². The Balaban J connectivity index is 1.46. The number of amides is 1. The summed E-state index contributed by atoms with van der Waals surface area (Å²) < 4.78 is 11.2. The van der Waals surface area contributed by atoms with Gasteiger partial charge in [0, 0.05) is 13.5 Å². The largest absolute Gasteiger partial charge is 0.423 e. The van der Waals surface area contributed by atoms with Gasteiger partial charge in [0.15, 0.2) is 6.10 Å². The number of benzene rings is 1. The lowest BCUT2D eigenvalue weighted by Crippen LogP contribution is -2.46. The molecule has 1 aliphatic carbocycles. The van der Waals surface area contributed by atoms with Crippen LogP contribution in [0.3, 0.4) is 0 Å². The zero-order valence-electron chi connectivity index (χ0n) is 13.8. The first-order chi connectivity index (χ1) is 11.7. The van der Waals surface area contributed by atoms with E-state index < -0.39 is 0 Å². The van der Waals surface area contributed by atoms with Gasteiger partial charge in [-0.2, -0.15) is 0 Å². The van der Waals surface area contributed by atoms with Gasteiger partial charge in [-0.05, 0) is 24.8 Å². The van der Waals surface area contributed by atoms with Gasteiger partial charge in [0.25, 0.3) is 0 Å². The molecule has 6 nitrogen and oxygen atoms in total. The molecule has 2 heterocycles. The molecule has 0 unspecified atom stereocenters. The van der Waals surface area contributed by atoms with E-state index in [4.69, 9.17) is 9.15 Å². The topological polar surface area (TPSA) is 68.5 Å². The van der Waals surface area contributed by atoms with E-state index in [0.717, 1.165) is 19.3 Å². The number of nitrogens with zero attached hydrogens (tertiary/aromatic N) is 3. The van der Waals surface area contributed by atoms with E-state index in [-0.39, 0.29) is 17.4 Å². The number of carbonyl (C=O) groups excluding carboxylic acids is 1. The molecule has 0 radical (unpaired) electrons. The molecular formula is C18H21N3O3. The number of rotatable bonds is 4. The number of ether oxygens (including phenoxy) is 1. The average molecular weight is 327 g/mol. The molecule has 1 atom stereocenters. The number of aryl methyl sites for hydroxylation is 1. The van der Waals surface area contributed by atoms with Gasteiger partial charge < -0.3 is 14.1 Å². The second-order valence-electron chi connectivity index (χ2n) is 6.71. The van der Waals surface area contributed by atoms with Crippen molar-refractivity contribution >= 4 is 5.91 Å². The minimum Gasteiger partial charge on any atom is -0.423 e. The van der Waals surface area contributed by atoms with Gasteiger partial charge in [-0.15, -0.1) is 10.2 Å². The molecule has 6 heteroatoms. The fraction of sp³-hybridized carbons (Fsp3) is 0.500. The number of hydrogen-bond acceptors (Lipinski definition) is 5. The Morgan fingerprint density at radius 3 is 2.75 bits per heavy atom. The van der Waals surface area contributed by atoms with Crippen molar-refractivity contribution in [3.05, 3.63) is 47.7 Å². The number of carbonyl (C=O) groups is 1. The van der Waals surface area contributed by atoms with Gasteiger partial charge >= 0.3 is 0 Å². The summed E-state index contributed by atoms with van der Waals surface area (Å²) in [5, 5.41) is 7.88. The minimum atomic E-state index is -0.323. The molecule has 1 amide bonds. The van der Waals surface area contributed by atoms with E-state index in [1.165, 1.54) is 5.56 Å². The molecule has 0 bridgehead atoms. The molecule has 2 aromatic rings. The Labute approximate surface area is 140 Å². The van der Waals surface area contributed by atoms with E-state index in [2.05, 4.69) is 22.3 Å². The van der Waals surface area contributed by atoms with E-state index in [9.17, 15) is 4.79 Å². The first kappa shape index (κ1) is 15.3. The fourth-order valence-corrected chi connectivity index (χ4v) is 3.36. The van der Waals surface area contributed by atoms with Gasteiger partial charge in [-0.3, -0.25) is 4.79 Å². The van der Waals surface area contributed by atoms with Gasteiger partial charge in [0.2, 0.25) is 17.7 Å². The molecule has 126 valence electrons. The summed E-state index contributed by atoms with van der Waals surface area (Å²) in [6, 6.07) is 10.2. The van der Waals surface area contributed by atoms with Crippen molar-refractivity contribution in [2.75, 3.05) is 19.7 Å². The maximum absolute atomic E-state index is 13.1. The summed E-state index contributed by atoms with van der Waals surface area (Å²) in [6.45, 7) is 3.36. The van der Waals surface area contributed by atoms with Crippen LogP contribution in [0, 0.1) is 12.3 Å². The van der Waals surface area contributed by atoms with E-state index in [1.54, 1.807) is 6.92 Å². The molecule has 0 N–H and O–H groups in total. The van der Waals surface area contributed by atoms with E-state index in [1.807, 2.05) is 23.1 Å². The van der Waals surface area contributed by atoms with Crippen LogP contribution in [-0.4, -0.2) is 40.7 Å². The Hall–Kier alpha value is -2.21. The molecule has 24 heavy (non-hydrogen) atoms. The SMILES string of the molecule is Cc1nnc([C@H]2CN(C(=O)C3(Cc4ccccc4)CC3)CCO2)o1. The van der Waals surface area contributed by atoms with Crippen molar-refractivity contribution in [3.8, 4) is 0 Å². The quantitative estimate of drug-likeness (QED) is 0.862. The standard InChI is InChI=1S/C18H21N3O3/c1-13-19-20-16(24-13)15-12-21(9-10-23-15)17(22)18(7-8-18)11-14-5-3-2-4-6-14/h2-6,15H,7-12H2,1H3/t15-/m1/s1. The highest BCUT2D eigenvalue weighted by Crippen LogP contribution is 2.50. The summed E-state index contributed by atoms with van der Waals surface area (Å²) in [5.41, 5.74) is 0.995. The number of morpholine rings is 1. The lowest BCUT2D eigenvalue weighted by atomic mass is 9.94. The summed E-state index contributed by atoms with van der Waals surface area (Å²) in [5.74, 6) is 1.20. The lowest BCUT2D eigenvalue weighted by Gasteiger charge is -2.34. The summed E-state index contributed by atoms with van der Waals surface area (Å²) in [6.07, 6.45) is 2.41. The third-order valence-corrected chi connectivity index (χ3v) is 4.86. The average Bonchev–Trinajstić information content (AvgIpc) is 3.26. The van der Waals surface area contributed by atoms with Gasteiger partial charge in [0.1, 0.15) is 0 Å². The third kappa shape index (κ3) is 2.94. The van der Waals surface area contributed by atoms with Crippen LogP contribution in [0.5, 0.6) is 0 Å². The van der Waals surface area contributed by atoms with Crippen LogP contribution in [0.15, 0.2) is 34.7 Å². The van der Waals surface area contributed by atoms with Crippen molar-refractivity contribution < 1.29 is 13.9 Å². The summed E-state index contributed by atoms with van der Waals surface area (Å²) in [4.78, 5) is 15.0. The second-order valence-corrected chi connectivity index (χ2v) is 6.71. The highest BCUT2D eigenvalue weighted by molar-refractivity contribution is 5.85. The number of hydrogen-bond donors (Lipinski definition) is 0. The molecule has 1 saturated heterocycles. The highest BCUT2D eigenvalue weighted by Gasteiger charge is 2.52. The zero-order chi connectivity index (χ0) is 16.6. The molecule has 2 aliphatic rings. The van der Waals surface area contributed by atoms with Crippen molar-refractivity contribution in [2.45, 2.75) is 32.3 Å². The van der Waals surface area contributed by atoms with Crippen LogP contribution in [-0.2, 0) is 16.0 Å². The Morgan fingerprint density at radius 1 is 1.29 bits per heavy atom. The summed E-state index contributed by atoms with van der Waals surface area (Å²) in [7, 11) is 0. The monoisotopic (exact) mass is 327 g/mol. The minimum absolute atomic E-state index is 0.228. The predicted octanol–water partition coefficient (Wildman–Crippen LogP) is 2.30. The molecule has 1 aromatic heterocycles. The van der Waals surface area contributed by atoms with Gasteiger partial charge in [-0.1, -0.05) is 30.3 Å². The smallest absolute Gasteiger partial charge is 0.246 e. The summed E-state index contributed by atoms with van der Waals surface area (Å²) >= 11 is 0. The predicted molar refractivity (Wildman–Crippen MR) is 86.1 cm³/mol. The molecule has 4 rings (SSSR count). The highest BCUT2D eigenvalue weighted by atomic mass is 16.5. The lowest BCUT2D eigenvalue weighted by molar-refractivity contribution is -0.145. The van der Waals surface area contributed by atoms with Crippen molar-refractivity contribution in [2.24, 2.45) is 5.41 Å². The molecule has 1 aliphatic heterocycles. The molecule has 1 aromatic carbocycles. The van der Waals surface area contributed by atoms with Crippen LogP contribution in [0.1, 0.15) is 36.3 Å². The molecule has 1 saturated carbocycles. The molecular weight excluding hydrogens is 306 g/mol. The zero-order valence-corrected chi connectivity index (χ0v) is 13.8. The normalized spacial score (nSPS) is 22.4. The van der Waals surface area contributed by atoms with Crippen molar-refractivity contribution in [3.63, 3.8) is 0 Å². The van der Waals surface area contributed by atoms with Crippen LogP contribution < -0.4 is 0 Å². The molecule has 2 fully saturated rings. The van der Waals surface area contributed by atoms with Crippen LogP contribution in [0.25, 0.3) is 0 Å². The van der Waals surface area contributed by atoms with Crippen LogP contribution >= 0.6 is 0 Å². The Kier molecular flexibility index (Phi) is 3.84. The maximum atomic E-state index is 13.1. The van der Waals surface area contributed by atoms with Gasteiger partial charge in [0.05, 0.1) is 18.6 Å². The van der Waals surface area contributed by atoms with Crippen LogP contribution in [0.2, 0.25) is 0 Å². The van der Waals surface area contributed by atoms with Crippen molar-refractivity contribution in [1.29, 1.82) is 0 Å². The van der Waals surface area contributed by atoms with Crippen molar-refractivity contribution in [1.82, 2.24) is 15.1 Å². The Morgan fingerprint density at radius 2 is 2.08 bits per heavy atom. The van der Waals surface area contributed by atoms with Gasteiger partial charge in [-0.25, -0.2) is 0 Å². The first-order valence-corrected chi connectivity index (χ1v) is 8.41. The second kappa shape index (κ2) is 6.02. The molecule has 0 spiro atoms. The maximum Gasteiger partial charge on any atom is 0.246 e. The third-order valence-electron chi connectivity index (χ3n) is 4.86. The Bertz CT molecular complexity index is 724. The number of aromatic nitrogens is 2.